The Labute approximate surface area is 193 Å². The number of aromatic nitrogens is 3. The van der Waals surface area contributed by atoms with Crippen molar-refractivity contribution >= 4 is 33.5 Å². The quantitative estimate of drug-likeness (QED) is 0.346. The first-order chi connectivity index (χ1) is 16.0. The maximum Gasteiger partial charge on any atom is 0.179 e. The van der Waals surface area contributed by atoms with Crippen molar-refractivity contribution < 1.29 is 13.2 Å². The van der Waals surface area contributed by atoms with E-state index in [4.69, 9.17) is 11.6 Å². The molecule has 1 saturated carbocycles. The van der Waals surface area contributed by atoms with E-state index in [2.05, 4.69) is 19.9 Å². The van der Waals surface area contributed by atoms with Gasteiger partial charge in [-0.15, -0.1) is 0 Å². The maximum atomic E-state index is 13.9. The van der Waals surface area contributed by atoms with E-state index in [0.29, 0.717) is 23.2 Å². The highest BCUT2D eigenvalue weighted by atomic mass is 35.5. The fraction of sp³-hybridized carbons (Fsp3) is 0.360. The van der Waals surface area contributed by atoms with Crippen LogP contribution < -0.4 is 0 Å². The zero-order chi connectivity index (χ0) is 22.7. The number of imidazole rings is 1. The zero-order valence-corrected chi connectivity index (χ0v) is 18.5. The van der Waals surface area contributed by atoms with E-state index in [0.717, 1.165) is 61.3 Å². The Morgan fingerprint density at radius 1 is 1.03 bits per heavy atom. The van der Waals surface area contributed by atoms with Gasteiger partial charge in [0.1, 0.15) is 22.2 Å². The van der Waals surface area contributed by atoms with Gasteiger partial charge >= 0.3 is 0 Å². The first-order valence-electron chi connectivity index (χ1n) is 11.3. The number of pyridine rings is 1. The second kappa shape index (κ2) is 7.99. The Hall–Kier alpha value is -2.64. The first kappa shape index (κ1) is 20.9. The number of H-pyrrole nitrogens is 1. The average molecular weight is 471 g/mol. The number of rotatable bonds is 4. The van der Waals surface area contributed by atoms with Gasteiger partial charge in [0, 0.05) is 17.6 Å². The molecular weight excluding hydrogens is 449 g/mol. The van der Waals surface area contributed by atoms with Gasteiger partial charge in [-0.05, 0) is 80.4 Å². The van der Waals surface area contributed by atoms with Crippen molar-refractivity contribution in [2.24, 2.45) is 5.92 Å². The molecular formula is C25H22ClF3N4. The van der Waals surface area contributed by atoms with Gasteiger partial charge in [-0.2, -0.15) is 0 Å². The lowest BCUT2D eigenvalue weighted by Crippen LogP contribution is -2.37. The van der Waals surface area contributed by atoms with Crippen molar-refractivity contribution in [1.82, 2.24) is 19.9 Å². The molecule has 2 aromatic heterocycles. The summed E-state index contributed by atoms with van der Waals surface area (Å²) in [4.78, 5) is 14.6. The number of halogens is 4. The summed E-state index contributed by atoms with van der Waals surface area (Å²) < 4.78 is 41.7. The standard InChI is InChI=1S/C25H22ClF3N4/c26-21-22(29)18(28)12-20-23(21)32-25(31-20)24(14-1-2-14)33-9-6-13(7-10-33)16-5-8-30-19-4-3-15(27)11-17(16)19/h3-5,8,11-14,24H,1-2,6-7,9-10H2,(H,31,32)/t24-/m1/s1. The largest absolute Gasteiger partial charge is 0.341 e. The Balaban J connectivity index is 1.27. The van der Waals surface area contributed by atoms with E-state index in [1.165, 1.54) is 6.07 Å². The summed E-state index contributed by atoms with van der Waals surface area (Å²) in [6, 6.07) is 7.94. The first-order valence-corrected chi connectivity index (χ1v) is 11.7. The minimum Gasteiger partial charge on any atom is -0.341 e. The number of likely N-dealkylation sites (tertiary alicyclic amines) is 1. The molecule has 3 heterocycles. The van der Waals surface area contributed by atoms with Crippen LogP contribution in [0.2, 0.25) is 5.02 Å². The van der Waals surface area contributed by atoms with Crippen LogP contribution in [0.5, 0.6) is 0 Å². The minimum atomic E-state index is -1.06. The smallest absolute Gasteiger partial charge is 0.179 e. The van der Waals surface area contributed by atoms with Crippen LogP contribution >= 0.6 is 11.6 Å². The molecule has 2 aromatic carbocycles. The van der Waals surface area contributed by atoms with Crippen molar-refractivity contribution in [2.45, 2.75) is 37.6 Å². The van der Waals surface area contributed by atoms with Crippen molar-refractivity contribution in [2.75, 3.05) is 13.1 Å². The average Bonchev–Trinajstić information content (AvgIpc) is 3.57. The molecule has 6 rings (SSSR count). The molecule has 0 amide bonds. The molecule has 1 aliphatic carbocycles. The molecule has 1 saturated heterocycles. The third-order valence-corrected chi connectivity index (χ3v) is 7.43. The van der Waals surface area contributed by atoms with Crippen LogP contribution in [0.3, 0.4) is 0 Å². The summed E-state index contributed by atoms with van der Waals surface area (Å²) in [5.74, 6) is -0.790. The summed E-state index contributed by atoms with van der Waals surface area (Å²) in [6.07, 6.45) is 5.87. The van der Waals surface area contributed by atoms with Crippen LogP contribution in [0.1, 0.15) is 49.0 Å². The second-order valence-electron chi connectivity index (χ2n) is 9.16. The van der Waals surface area contributed by atoms with Gasteiger partial charge in [-0.3, -0.25) is 9.88 Å². The summed E-state index contributed by atoms with van der Waals surface area (Å²) in [5.41, 5.74) is 2.64. The van der Waals surface area contributed by atoms with Crippen molar-refractivity contribution in [3.8, 4) is 0 Å². The van der Waals surface area contributed by atoms with Gasteiger partial charge in [0.15, 0.2) is 11.6 Å². The molecule has 0 bridgehead atoms. The molecule has 33 heavy (non-hydrogen) atoms. The SMILES string of the molecule is Fc1ccc2nccc(C3CCN([C@@H](c4nc5c(Cl)c(F)c(F)cc5[nH]4)C4CC4)CC3)c2c1. The molecule has 8 heteroatoms. The van der Waals surface area contributed by atoms with E-state index in [9.17, 15) is 13.2 Å². The number of hydrogen-bond donors (Lipinski definition) is 1. The van der Waals surface area contributed by atoms with Gasteiger partial charge in [-0.1, -0.05) is 11.6 Å². The molecule has 0 unspecified atom stereocenters. The monoisotopic (exact) mass is 470 g/mol. The Morgan fingerprint density at radius 2 is 1.82 bits per heavy atom. The highest BCUT2D eigenvalue weighted by Crippen LogP contribution is 2.46. The molecule has 2 aliphatic rings. The molecule has 170 valence electrons. The summed E-state index contributed by atoms with van der Waals surface area (Å²) in [6.45, 7) is 1.72. The second-order valence-corrected chi connectivity index (χ2v) is 9.54. The van der Waals surface area contributed by atoms with Gasteiger partial charge < -0.3 is 4.98 Å². The van der Waals surface area contributed by atoms with Crippen LogP contribution in [-0.4, -0.2) is 32.9 Å². The molecule has 1 atom stereocenters. The van der Waals surface area contributed by atoms with Gasteiger partial charge in [-0.25, -0.2) is 18.2 Å². The van der Waals surface area contributed by atoms with Crippen LogP contribution in [-0.2, 0) is 0 Å². The fourth-order valence-corrected chi connectivity index (χ4v) is 5.54. The predicted molar refractivity (Wildman–Crippen MR) is 122 cm³/mol. The number of hydrogen-bond acceptors (Lipinski definition) is 3. The maximum absolute atomic E-state index is 13.9. The molecule has 4 nitrogen and oxygen atoms in total. The predicted octanol–water partition coefficient (Wildman–Crippen LogP) is 6.51. The summed E-state index contributed by atoms with van der Waals surface area (Å²) in [5, 5.41) is 0.600. The van der Waals surface area contributed by atoms with E-state index in [1.807, 2.05) is 6.07 Å². The minimum absolute atomic E-state index is 0.0622. The number of aromatic amines is 1. The Morgan fingerprint density at radius 3 is 2.58 bits per heavy atom. The summed E-state index contributed by atoms with van der Waals surface area (Å²) in [7, 11) is 0. The van der Waals surface area contributed by atoms with Crippen molar-refractivity contribution in [3.63, 3.8) is 0 Å². The number of piperidine rings is 1. The molecule has 0 radical (unpaired) electrons. The van der Waals surface area contributed by atoms with Crippen LogP contribution in [0, 0.1) is 23.4 Å². The lowest BCUT2D eigenvalue weighted by atomic mass is 9.86. The van der Waals surface area contributed by atoms with Gasteiger partial charge in [0.05, 0.1) is 17.1 Å². The fourth-order valence-electron chi connectivity index (χ4n) is 5.31. The Bertz CT molecular complexity index is 1360. The zero-order valence-electron chi connectivity index (χ0n) is 17.8. The van der Waals surface area contributed by atoms with E-state index >= 15 is 0 Å². The van der Waals surface area contributed by atoms with Crippen LogP contribution in [0.4, 0.5) is 13.2 Å². The van der Waals surface area contributed by atoms with E-state index in [-0.39, 0.29) is 22.4 Å². The number of fused-ring (bicyclic) bond motifs is 2. The highest BCUT2D eigenvalue weighted by molar-refractivity contribution is 6.35. The molecule has 0 spiro atoms. The molecule has 4 aromatic rings. The normalized spacial score (nSPS) is 18.9. The van der Waals surface area contributed by atoms with Crippen LogP contribution in [0.15, 0.2) is 36.5 Å². The Kier molecular flexibility index (Phi) is 5.07. The topological polar surface area (TPSA) is 44.8 Å². The molecule has 1 aliphatic heterocycles. The highest BCUT2D eigenvalue weighted by Gasteiger charge is 2.40. The van der Waals surface area contributed by atoms with Crippen LogP contribution in [0.25, 0.3) is 21.9 Å². The molecule has 2 fully saturated rings. The summed E-state index contributed by atoms with van der Waals surface area (Å²) >= 11 is 6.03. The van der Waals surface area contributed by atoms with E-state index in [1.54, 1.807) is 18.3 Å². The van der Waals surface area contributed by atoms with Crippen molar-refractivity contribution in [3.05, 3.63) is 70.4 Å². The number of nitrogens with one attached hydrogen (secondary N) is 1. The van der Waals surface area contributed by atoms with E-state index < -0.39 is 11.6 Å². The third kappa shape index (κ3) is 3.67. The lowest BCUT2D eigenvalue weighted by molar-refractivity contribution is 0.131. The van der Waals surface area contributed by atoms with Crippen molar-refractivity contribution in [1.29, 1.82) is 0 Å². The third-order valence-electron chi connectivity index (χ3n) is 7.08. The number of benzene rings is 2. The molecule has 1 N–H and O–H groups in total. The van der Waals surface area contributed by atoms with Gasteiger partial charge in [0.2, 0.25) is 0 Å². The number of nitrogens with zero attached hydrogens (tertiary/aromatic N) is 3. The lowest BCUT2D eigenvalue weighted by Gasteiger charge is -2.37. The van der Waals surface area contributed by atoms with Gasteiger partial charge in [0.25, 0.3) is 0 Å².